The molecule has 1 saturated heterocycles. The van der Waals surface area contributed by atoms with Gasteiger partial charge in [0, 0.05) is 38.8 Å². The number of methoxy groups -OCH3 is 1. The van der Waals surface area contributed by atoms with Gasteiger partial charge in [0.2, 0.25) is 0 Å². The minimum Gasteiger partial charge on any atom is -0.379 e. The van der Waals surface area contributed by atoms with Crippen molar-refractivity contribution in [1.82, 2.24) is 15.5 Å². The summed E-state index contributed by atoms with van der Waals surface area (Å²) in [5, 5.41) is 6.06. The third kappa shape index (κ3) is 5.13. The Morgan fingerprint density at radius 1 is 1.18 bits per heavy atom. The standard InChI is InChI=1S/C17H33N3O2/c1-13(2)16(22-3)12-18-17(21)19-14-8-10-20(11-9-14)15-6-4-5-7-15/h13-16H,4-12H2,1-3H3,(H2,18,19,21). The SMILES string of the molecule is COC(CNC(=O)NC1CCN(C2CCCC2)CC1)C(C)C. The quantitative estimate of drug-likeness (QED) is 0.792. The van der Waals surface area contributed by atoms with Gasteiger partial charge in [-0.05, 0) is 31.6 Å². The summed E-state index contributed by atoms with van der Waals surface area (Å²) in [6.07, 6.45) is 7.74. The maximum Gasteiger partial charge on any atom is 0.315 e. The van der Waals surface area contributed by atoms with Crippen LogP contribution < -0.4 is 10.6 Å². The Morgan fingerprint density at radius 3 is 2.36 bits per heavy atom. The van der Waals surface area contributed by atoms with Gasteiger partial charge in [0.05, 0.1) is 6.10 Å². The number of ether oxygens (including phenoxy) is 1. The van der Waals surface area contributed by atoms with Crippen LogP contribution in [-0.2, 0) is 4.74 Å². The van der Waals surface area contributed by atoms with Gasteiger partial charge >= 0.3 is 6.03 Å². The molecule has 1 unspecified atom stereocenters. The number of likely N-dealkylation sites (tertiary alicyclic amines) is 1. The van der Waals surface area contributed by atoms with Crippen molar-refractivity contribution in [1.29, 1.82) is 0 Å². The number of hydrogen-bond acceptors (Lipinski definition) is 3. The zero-order valence-electron chi connectivity index (χ0n) is 14.4. The maximum absolute atomic E-state index is 12.0. The molecule has 0 bridgehead atoms. The van der Waals surface area contributed by atoms with E-state index in [0.29, 0.717) is 18.5 Å². The van der Waals surface area contributed by atoms with E-state index in [1.54, 1.807) is 7.11 Å². The van der Waals surface area contributed by atoms with Gasteiger partial charge in [0.1, 0.15) is 0 Å². The minimum absolute atomic E-state index is 0.0537. The van der Waals surface area contributed by atoms with E-state index in [2.05, 4.69) is 29.4 Å². The molecular weight excluding hydrogens is 278 g/mol. The van der Waals surface area contributed by atoms with E-state index in [-0.39, 0.29) is 12.1 Å². The Morgan fingerprint density at radius 2 is 1.82 bits per heavy atom. The fourth-order valence-electron chi connectivity index (χ4n) is 3.70. The number of amides is 2. The predicted molar refractivity (Wildman–Crippen MR) is 89.0 cm³/mol. The molecule has 1 aliphatic heterocycles. The first kappa shape index (κ1) is 17.5. The molecule has 0 radical (unpaired) electrons. The molecule has 2 amide bonds. The van der Waals surface area contributed by atoms with Crippen molar-refractivity contribution in [3.63, 3.8) is 0 Å². The van der Waals surface area contributed by atoms with Gasteiger partial charge in [-0.2, -0.15) is 0 Å². The first-order valence-corrected chi connectivity index (χ1v) is 8.91. The highest BCUT2D eigenvalue weighted by atomic mass is 16.5. The van der Waals surface area contributed by atoms with Gasteiger partial charge in [0.25, 0.3) is 0 Å². The van der Waals surface area contributed by atoms with E-state index >= 15 is 0 Å². The average Bonchev–Trinajstić information content (AvgIpc) is 3.02. The molecule has 1 heterocycles. The number of hydrogen-bond donors (Lipinski definition) is 2. The molecule has 22 heavy (non-hydrogen) atoms. The molecular formula is C17H33N3O2. The highest BCUT2D eigenvalue weighted by molar-refractivity contribution is 5.74. The fourth-order valence-corrected chi connectivity index (χ4v) is 3.70. The van der Waals surface area contributed by atoms with Crippen molar-refractivity contribution in [3.8, 4) is 0 Å². The highest BCUT2D eigenvalue weighted by Gasteiger charge is 2.27. The normalized spacial score (nSPS) is 22.9. The van der Waals surface area contributed by atoms with E-state index < -0.39 is 0 Å². The summed E-state index contributed by atoms with van der Waals surface area (Å²) in [5.41, 5.74) is 0. The van der Waals surface area contributed by atoms with Crippen LogP contribution in [0.15, 0.2) is 0 Å². The molecule has 0 aromatic rings. The maximum atomic E-state index is 12.0. The predicted octanol–water partition coefficient (Wildman–Crippen LogP) is 2.36. The second-order valence-corrected chi connectivity index (χ2v) is 7.12. The molecule has 2 N–H and O–H groups in total. The molecule has 2 rings (SSSR count). The van der Waals surface area contributed by atoms with Crippen LogP contribution in [0.2, 0.25) is 0 Å². The number of urea groups is 1. The summed E-state index contributed by atoms with van der Waals surface area (Å²) in [6, 6.07) is 1.07. The summed E-state index contributed by atoms with van der Waals surface area (Å²) in [5.74, 6) is 0.403. The van der Waals surface area contributed by atoms with Crippen molar-refractivity contribution in [2.24, 2.45) is 5.92 Å². The smallest absolute Gasteiger partial charge is 0.315 e. The van der Waals surface area contributed by atoms with Gasteiger partial charge in [-0.3, -0.25) is 0 Å². The monoisotopic (exact) mass is 311 g/mol. The van der Waals surface area contributed by atoms with Crippen LogP contribution in [0.1, 0.15) is 52.4 Å². The summed E-state index contributed by atoms with van der Waals surface area (Å²) < 4.78 is 5.37. The van der Waals surface area contributed by atoms with E-state index in [9.17, 15) is 4.79 Å². The molecule has 0 spiro atoms. The van der Waals surface area contributed by atoms with Gasteiger partial charge in [-0.25, -0.2) is 4.79 Å². The summed E-state index contributed by atoms with van der Waals surface area (Å²) in [6.45, 7) is 7.03. The average molecular weight is 311 g/mol. The molecule has 1 aliphatic carbocycles. The molecule has 1 saturated carbocycles. The Bertz CT molecular complexity index is 335. The van der Waals surface area contributed by atoms with Crippen molar-refractivity contribution in [3.05, 3.63) is 0 Å². The first-order chi connectivity index (χ1) is 10.6. The summed E-state index contributed by atoms with van der Waals surface area (Å²) >= 11 is 0. The Kier molecular flexibility index (Phi) is 6.96. The van der Waals surface area contributed by atoms with Crippen LogP contribution in [0.3, 0.4) is 0 Å². The second-order valence-electron chi connectivity index (χ2n) is 7.12. The summed E-state index contributed by atoms with van der Waals surface area (Å²) in [7, 11) is 1.70. The fraction of sp³-hybridized carbons (Fsp3) is 0.941. The van der Waals surface area contributed by atoms with E-state index in [1.807, 2.05) is 0 Å². The lowest BCUT2D eigenvalue weighted by atomic mass is 10.0. The molecule has 2 aliphatic rings. The molecule has 128 valence electrons. The molecule has 5 heteroatoms. The minimum atomic E-state index is -0.0537. The zero-order valence-corrected chi connectivity index (χ0v) is 14.4. The van der Waals surface area contributed by atoms with Gasteiger partial charge in [-0.1, -0.05) is 26.7 Å². The Balaban J connectivity index is 1.63. The highest BCUT2D eigenvalue weighted by Crippen LogP contribution is 2.26. The number of carbonyl (C=O) groups is 1. The molecule has 0 aromatic carbocycles. The van der Waals surface area contributed by atoms with Crippen LogP contribution in [0.5, 0.6) is 0 Å². The largest absolute Gasteiger partial charge is 0.379 e. The topological polar surface area (TPSA) is 53.6 Å². The van der Waals surface area contributed by atoms with Gasteiger partial charge in [-0.15, -0.1) is 0 Å². The lowest BCUT2D eigenvalue weighted by Crippen LogP contribution is -2.50. The number of nitrogens with one attached hydrogen (secondary N) is 2. The van der Waals surface area contributed by atoms with Gasteiger partial charge in [0.15, 0.2) is 0 Å². The molecule has 0 aromatic heterocycles. The number of piperidine rings is 1. The van der Waals surface area contributed by atoms with Crippen LogP contribution in [0.25, 0.3) is 0 Å². The third-order valence-corrected chi connectivity index (χ3v) is 5.22. The van der Waals surface area contributed by atoms with E-state index in [4.69, 9.17) is 4.74 Å². The van der Waals surface area contributed by atoms with Crippen LogP contribution in [0, 0.1) is 5.92 Å². The zero-order chi connectivity index (χ0) is 15.9. The van der Waals surface area contributed by atoms with Crippen LogP contribution in [-0.4, -0.2) is 55.9 Å². The number of nitrogens with zero attached hydrogens (tertiary/aromatic N) is 1. The van der Waals surface area contributed by atoms with E-state index in [1.165, 1.54) is 25.7 Å². The van der Waals surface area contributed by atoms with E-state index in [0.717, 1.165) is 32.0 Å². The van der Waals surface area contributed by atoms with Crippen molar-refractivity contribution in [2.75, 3.05) is 26.7 Å². The lowest BCUT2D eigenvalue weighted by molar-refractivity contribution is 0.0663. The van der Waals surface area contributed by atoms with Crippen molar-refractivity contribution >= 4 is 6.03 Å². The Hall–Kier alpha value is -0.810. The molecule has 5 nitrogen and oxygen atoms in total. The van der Waals surface area contributed by atoms with Crippen molar-refractivity contribution in [2.45, 2.75) is 70.6 Å². The Labute approximate surface area is 135 Å². The van der Waals surface area contributed by atoms with Crippen LogP contribution in [0.4, 0.5) is 4.79 Å². The number of rotatable bonds is 6. The molecule has 2 fully saturated rings. The third-order valence-electron chi connectivity index (χ3n) is 5.22. The lowest BCUT2D eigenvalue weighted by Gasteiger charge is -2.36. The van der Waals surface area contributed by atoms with Gasteiger partial charge < -0.3 is 20.3 Å². The molecule has 1 atom stereocenters. The van der Waals surface area contributed by atoms with Crippen molar-refractivity contribution < 1.29 is 9.53 Å². The first-order valence-electron chi connectivity index (χ1n) is 8.91. The summed E-state index contributed by atoms with van der Waals surface area (Å²) in [4.78, 5) is 14.6. The van der Waals surface area contributed by atoms with Crippen LogP contribution >= 0.6 is 0 Å². The second kappa shape index (κ2) is 8.73. The number of carbonyl (C=O) groups excluding carboxylic acids is 1.